The molecule has 0 saturated heterocycles. The molecule has 2 aromatic rings. The van der Waals surface area contributed by atoms with Crippen LogP contribution in [0.4, 0.5) is 5.69 Å². The number of carbonyl (C=O) groups excluding carboxylic acids is 1. The number of nitrogens with zero attached hydrogens (tertiary/aromatic N) is 1. The number of fused-ring (bicyclic) bond motifs is 1. The Morgan fingerprint density at radius 2 is 2.15 bits per heavy atom. The first-order chi connectivity index (χ1) is 9.58. The Balaban J connectivity index is 1.97. The molecule has 20 heavy (non-hydrogen) atoms. The van der Waals surface area contributed by atoms with Crippen LogP contribution in [-0.4, -0.2) is 13.0 Å². The minimum Gasteiger partial charge on any atom is -0.457 e. The molecule has 0 saturated carbocycles. The summed E-state index contributed by atoms with van der Waals surface area (Å²) < 4.78 is 5.89. The third-order valence-corrected chi connectivity index (χ3v) is 4.79. The van der Waals surface area contributed by atoms with E-state index in [0.717, 1.165) is 28.8 Å². The van der Waals surface area contributed by atoms with Crippen molar-refractivity contribution in [2.75, 3.05) is 11.9 Å². The summed E-state index contributed by atoms with van der Waals surface area (Å²) in [5, 5.41) is -0.267. The van der Waals surface area contributed by atoms with Crippen LogP contribution in [0, 0.1) is 0 Å². The Bertz CT molecular complexity index is 668. The number of halogens is 2. The highest BCUT2D eigenvalue weighted by Crippen LogP contribution is 2.37. The summed E-state index contributed by atoms with van der Waals surface area (Å²) >= 11 is 9.87. The van der Waals surface area contributed by atoms with Gasteiger partial charge in [0.15, 0.2) is 4.67 Å². The molecule has 0 N–H and O–H groups in total. The number of aryl methyl sites for hydroxylation is 1. The second-order valence-electron chi connectivity index (χ2n) is 4.85. The first-order valence-corrected chi connectivity index (χ1v) is 7.57. The molecule has 1 aromatic heterocycles. The highest BCUT2D eigenvalue weighted by atomic mass is 79.9. The van der Waals surface area contributed by atoms with Gasteiger partial charge in [0.1, 0.15) is 0 Å². The molecule has 0 fully saturated rings. The van der Waals surface area contributed by atoms with Gasteiger partial charge in [0.05, 0.1) is 11.6 Å². The molecule has 1 aromatic carbocycles. The Morgan fingerprint density at radius 1 is 1.35 bits per heavy atom. The van der Waals surface area contributed by atoms with Crippen LogP contribution in [0.1, 0.15) is 28.5 Å². The van der Waals surface area contributed by atoms with Crippen molar-refractivity contribution in [2.45, 2.75) is 18.2 Å². The molecule has 3 nitrogen and oxygen atoms in total. The standard InChI is InChI=1S/C15H13BrClNO2/c1-18-12-4-2-10(8-9(12)3-5-13(18)19)14(17)11-6-7-20-15(11)16/h2,4,6-8,14H,3,5H2,1H3. The Hall–Kier alpha value is -1.26. The maximum Gasteiger partial charge on any atom is 0.227 e. The molecule has 1 aliphatic heterocycles. The number of amides is 1. The predicted octanol–water partition coefficient (Wildman–Crippen LogP) is 4.28. The quantitative estimate of drug-likeness (QED) is 0.754. The summed E-state index contributed by atoms with van der Waals surface area (Å²) in [6.45, 7) is 0. The number of anilines is 1. The predicted molar refractivity (Wildman–Crippen MR) is 82.3 cm³/mol. The molecule has 0 spiro atoms. The van der Waals surface area contributed by atoms with E-state index in [1.165, 1.54) is 0 Å². The van der Waals surface area contributed by atoms with Gasteiger partial charge in [0.2, 0.25) is 5.91 Å². The van der Waals surface area contributed by atoms with Crippen LogP contribution in [0.15, 0.2) is 39.6 Å². The molecule has 1 aliphatic rings. The molecule has 1 unspecified atom stereocenters. The molecule has 0 bridgehead atoms. The van der Waals surface area contributed by atoms with Crippen molar-refractivity contribution in [3.05, 3.63) is 51.9 Å². The number of hydrogen-bond donors (Lipinski definition) is 0. The van der Waals surface area contributed by atoms with E-state index in [1.54, 1.807) is 11.2 Å². The monoisotopic (exact) mass is 353 g/mol. The van der Waals surface area contributed by atoms with Crippen LogP contribution in [0.5, 0.6) is 0 Å². The lowest BCUT2D eigenvalue weighted by molar-refractivity contribution is -0.118. The number of benzene rings is 1. The zero-order valence-corrected chi connectivity index (χ0v) is 13.2. The Kier molecular flexibility index (Phi) is 3.61. The molecule has 0 aliphatic carbocycles. The molecule has 2 heterocycles. The molecular weight excluding hydrogens is 342 g/mol. The third-order valence-electron chi connectivity index (χ3n) is 3.66. The molecule has 104 valence electrons. The van der Waals surface area contributed by atoms with Crippen LogP contribution in [0.2, 0.25) is 0 Å². The van der Waals surface area contributed by atoms with Gasteiger partial charge in [-0.15, -0.1) is 11.6 Å². The number of rotatable bonds is 2. The van der Waals surface area contributed by atoms with Gasteiger partial charge in [-0.05, 0) is 45.6 Å². The van der Waals surface area contributed by atoms with E-state index in [9.17, 15) is 4.79 Å². The fourth-order valence-electron chi connectivity index (χ4n) is 2.50. The van der Waals surface area contributed by atoms with Crippen molar-refractivity contribution in [1.82, 2.24) is 0 Å². The average Bonchev–Trinajstić information content (AvgIpc) is 2.88. The van der Waals surface area contributed by atoms with E-state index in [1.807, 2.05) is 25.2 Å². The molecular formula is C15H13BrClNO2. The van der Waals surface area contributed by atoms with Crippen molar-refractivity contribution >= 4 is 39.1 Å². The summed E-state index contributed by atoms with van der Waals surface area (Å²) in [6.07, 6.45) is 2.93. The number of alkyl halides is 1. The van der Waals surface area contributed by atoms with Gasteiger partial charge >= 0.3 is 0 Å². The Labute approximate surface area is 130 Å². The van der Waals surface area contributed by atoms with Gasteiger partial charge in [-0.3, -0.25) is 4.79 Å². The van der Waals surface area contributed by atoms with Crippen molar-refractivity contribution in [1.29, 1.82) is 0 Å². The lowest BCUT2D eigenvalue weighted by Gasteiger charge is -2.26. The average molecular weight is 355 g/mol. The van der Waals surface area contributed by atoms with Crippen molar-refractivity contribution in [3.63, 3.8) is 0 Å². The highest BCUT2D eigenvalue weighted by Gasteiger charge is 2.23. The van der Waals surface area contributed by atoms with E-state index >= 15 is 0 Å². The second-order valence-corrected chi connectivity index (χ2v) is 6.01. The maximum absolute atomic E-state index is 11.7. The van der Waals surface area contributed by atoms with Gasteiger partial charge in [-0.2, -0.15) is 0 Å². The topological polar surface area (TPSA) is 33.5 Å². The highest BCUT2D eigenvalue weighted by molar-refractivity contribution is 9.10. The molecule has 1 amide bonds. The van der Waals surface area contributed by atoms with E-state index in [-0.39, 0.29) is 11.3 Å². The minimum absolute atomic E-state index is 0.158. The van der Waals surface area contributed by atoms with Crippen molar-refractivity contribution in [2.24, 2.45) is 0 Å². The van der Waals surface area contributed by atoms with Crippen LogP contribution in [0.3, 0.4) is 0 Å². The molecule has 0 radical (unpaired) electrons. The fourth-order valence-corrected chi connectivity index (χ4v) is 3.41. The molecule has 1 atom stereocenters. The second kappa shape index (κ2) is 5.26. The third kappa shape index (κ3) is 2.27. The van der Waals surface area contributed by atoms with Crippen molar-refractivity contribution in [3.8, 4) is 0 Å². The van der Waals surface area contributed by atoms with Crippen molar-refractivity contribution < 1.29 is 9.21 Å². The lowest BCUT2D eigenvalue weighted by Crippen LogP contribution is -2.31. The van der Waals surface area contributed by atoms with Crippen LogP contribution < -0.4 is 4.90 Å². The fraction of sp³-hybridized carbons (Fsp3) is 0.267. The molecule has 3 rings (SSSR count). The normalized spacial score (nSPS) is 16.1. The first kappa shape index (κ1) is 13.7. The summed E-state index contributed by atoms with van der Waals surface area (Å²) in [7, 11) is 1.81. The SMILES string of the molecule is CN1C(=O)CCc2cc(C(Cl)c3ccoc3Br)ccc21. The number of hydrogen-bond acceptors (Lipinski definition) is 2. The maximum atomic E-state index is 11.7. The van der Waals surface area contributed by atoms with Gasteiger partial charge in [0, 0.05) is 24.7 Å². The van der Waals surface area contributed by atoms with E-state index in [2.05, 4.69) is 22.0 Å². The van der Waals surface area contributed by atoms with Crippen LogP contribution in [0.25, 0.3) is 0 Å². The number of furan rings is 1. The van der Waals surface area contributed by atoms with Crippen LogP contribution >= 0.6 is 27.5 Å². The number of carbonyl (C=O) groups is 1. The van der Waals surface area contributed by atoms with Gasteiger partial charge in [-0.1, -0.05) is 12.1 Å². The summed E-state index contributed by atoms with van der Waals surface area (Å²) in [6, 6.07) is 7.86. The summed E-state index contributed by atoms with van der Waals surface area (Å²) in [5.74, 6) is 0.158. The van der Waals surface area contributed by atoms with E-state index < -0.39 is 0 Å². The van der Waals surface area contributed by atoms with Crippen LogP contribution in [-0.2, 0) is 11.2 Å². The summed E-state index contributed by atoms with van der Waals surface area (Å²) in [4.78, 5) is 13.4. The first-order valence-electron chi connectivity index (χ1n) is 6.34. The van der Waals surface area contributed by atoms with E-state index in [0.29, 0.717) is 11.1 Å². The zero-order chi connectivity index (χ0) is 14.3. The smallest absolute Gasteiger partial charge is 0.227 e. The van der Waals surface area contributed by atoms with Gasteiger partial charge in [-0.25, -0.2) is 0 Å². The Morgan fingerprint density at radius 3 is 2.85 bits per heavy atom. The molecule has 5 heteroatoms. The lowest BCUT2D eigenvalue weighted by atomic mass is 9.97. The van der Waals surface area contributed by atoms with Gasteiger partial charge in [0.25, 0.3) is 0 Å². The largest absolute Gasteiger partial charge is 0.457 e. The minimum atomic E-state index is -0.267. The van der Waals surface area contributed by atoms with E-state index in [4.69, 9.17) is 16.0 Å². The zero-order valence-electron chi connectivity index (χ0n) is 10.9. The van der Waals surface area contributed by atoms with Gasteiger partial charge < -0.3 is 9.32 Å². The summed E-state index contributed by atoms with van der Waals surface area (Å²) in [5.41, 5.74) is 4.05.